The van der Waals surface area contributed by atoms with Gasteiger partial charge in [-0.2, -0.15) is 0 Å². The molecule has 2 aliphatic carbocycles. The van der Waals surface area contributed by atoms with Gasteiger partial charge in [-0.1, -0.05) is 84.9 Å². The number of nitrogens with two attached hydrogens (primary N) is 1. The first-order valence-corrected chi connectivity index (χ1v) is 14.1. The Kier molecular flexibility index (Phi) is 4.44. The van der Waals surface area contributed by atoms with E-state index < -0.39 is 0 Å². The number of nitrogens with zero attached hydrogens (tertiary/aromatic N) is 2. The molecule has 1 atom stereocenters. The minimum Gasteiger partial charge on any atom is -0.320 e. The highest BCUT2D eigenvalue weighted by Gasteiger charge is 2.31. The topological polar surface area (TPSA) is 35.9 Å². The van der Waals surface area contributed by atoms with Crippen LogP contribution in [0.1, 0.15) is 30.0 Å². The van der Waals surface area contributed by atoms with Crippen molar-refractivity contribution >= 4 is 49.3 Å². The molecule has 1 unspecified atom stereocenters. The Morgan fingerprint density at radius 1 is 0.625 bits per heavy atom. The zero-order valence-corrected chi connectivity index (χ0v) is 22.0. The number of allylic oxidation sites excluding steroid dienone is 4. The lowest BCUT2D eigenvalue weighted by Crippen LogP contribution is -2.10. The zero-order valence-electron chi connectivity index (χ0n) is 22.0. The minimum absolute atomic E-state index is 0.147. The van der Waals surface area contributed by atoms with Crippen molar-refractivity contribution in [2.24, 2.45) is 5.73 Å². The quantitative estimate of drug-likeness (QED) is 0.246. The molecule has 0 fully saturated rings. The van der Waals surface area contributed by atoms with Gasteiger partial charge in [-0.3, -0.25) is 0 Å². The van der Waals surface area contributed by atoms with Crippen LogP contribution in [-0.2, 0) is 0 Å². The van der Waals surface area contributed by atoms with Crippen molar-refractivity contribution in [3.8, 4) is 16.8 Å². The molecule has 0 saturated carbocycles. The molecule has 7 aromatic rings. The average Bonchev–Trinajstić information content (AvgIpc) is 3.62. The van der Waals surface area contributed by atoms with E-state index in [0.29, 0.717) is 0 Å². The van der Waals surface area contributed by atoms with Gasteiger partial charge in [0.25, 0.3) is 0 Å². The van der Waals surface area contributed by atoms with E-state index in [2.05, 4.69) is 130 Å². The van der Waals surface area contributed by atoms with Crippen LogP contribution >= 0.6 is 0 Å². The minimum atomic E-state index is -0.147. The summed E-state index contributed by atoms with van der Waals surface area (Å²) in [7, 11) is 0. The molecule has 3 nitrogen and oxygen atoms in total. The van der Waals surface area contributed by atoms with E-state index in [1.807, 2.05) is 0 Å². The molecule has 0 spiro atoms. The van der Waals surface area contributed by atoms with E-state index >= 15 is 0 Å². The van der Waals surface area contributed by atoms with Crippen molar-refractivity contribution in [3.63, 3.8) is 0 Å². The molecule has 40 heavy (non-hydrogen) atoms. The standard InChI is InChI=1S/C37H27N3/c38-36-28-17-8-7-15-25(28)27-19-20-29-31-21-30-26-16-9-10-18-32(26)39(23-11-3-1-4-12-23)33(30)22-34(31)40(37(29)35(27)36)24-13-5-2-6-14-24/h1-5,7-13,15-22,36H,6,14,38H2. The lowest BCUT2D eigenvalue weighted by Gasteiger charge is -2.17. The van der Waals surface area contributed by atoms with Crippen LogP contribution in [0.3, 0.4) is 0 Å². The summed E-state index contributed by atoms with van der Waals surface area (Å²) in [5.74, 6) is 0. The van der Waals surface area contributed by atoms with Gasteiger partial charge in [-0.15, -0.1) is 0 Å². The van der Waals surface area contributed by atoms with Crippen LogP contribution in [0.25, 0.3) is 66.1 Å². The van der Waals surface area contributed by atoms with Crippen molar-refractivity contribution in [1.82, 2.24) is 9.13 Å². The number of hydrogen-bond donors (Lipinski definition) is 1. The fourth-order valence-corrected chi connectivity index (χ4v) is 7.24. The van der Waals surface area contributed by atoms with Crippen molar-refractivity contribution in [1.29, 1.82) is 0 Å². The highest BCUT2D eigenvalue weighted by Crippen LogP contribution is 2.49. The summed E-state index contributed by atoms with van der Waals surface area (Å²) in [4.78, 5) is 0. The van der Waals surface area contributed by atoms with E-state index in [0.717, 1.165) is 12.8 Å². The number of benzene rings is 5. The first kappa shape index (κ1) is 22.0. The molecular formula is C37H27N3. The van der Waals surface area contributed by atoms with E-state index in [4.69, 9.17) is 5.73 Å². The summed E-state index contributed by atoms with van der Waals surface area (Å²) in [6, 6.07) is 37.4. The fraction of sp³-hybridized carbons (Fsp3) is 0.0811. The van der Waals surface area contributed by atoms with E-state index in [1.54, 1.807) is 0 Å². The first-order chi connectivity index (χ1) is 19.8. The van der Waals surface area contributed by atoms with Crippen LogP contribution in [-0.4, -0.2) is 9.13 Å². The van der Waals surface area contributed by atoms with Gasteiger partial charge >= 0.3 is 0 Å². The smallest absolute Gasteiger partial charge is 0.0595 e. The van der Waals surface area contributed by atoms with Gasteiger partial charge in [-0.05, 0) is 65.9 Å². The maximum Gasteiger partial charge on any atom is 0.0595 e. The maximum atomic E-state index is 7.05. The van der Waals surface area contributed by atoms with Crippen molar-refractivity contribution in [2.75, 3.05) is 0 Å². The molecule has 3 heteroatoms. The summed E-state index contributed by atoms with van der Waals surface area (Å²) in [5, 5.41) is 5.09. The van der Waals surface area contributed by atoms with Crippen molar-refractivity contribution in [2.45, 2.75) is 18.9 Å². The lowest BCUT2D eigenvalue weighted by atomic mass is 10.0. The third kappa shape index (κ3) is 2.82. The molecule has 0 saturated heterocycles. The summed E-state index contributed by atoms with van der Waals surface area (Å²) < 4.78 is 4.93. The molecule has 0 bridgehead atoms. The second-order valence-electron chi connectivity index (χ2n) is 11.0. The third-order valence-corrected chi connectivity index (χ3v) is 8.95. The normalized spacial score (nSPS) is 16.2. The molecule has 0 amide bonds. The number of aromatic nitrogens is 2. The van der Waals surface area contributed by atoms with Gasteiger partial charge in [0, 0.05) is 38.5 Å². The van der Waals surface area contributed by atoms with Gasteiger partial charge in [0.2, 0.25) is 0 Å². The number of para-hydroxylation sites is 2. The van der Waals surface area contributed by atoms with Crippen LogP contribution in [0.5, 0.6) is 0 Å². The molecular weight excluding hydrogens is 486 g/mol. The highest BCUT2D eigenvalue weighted by molar-refractivity contribution is 6.20. The molecule has 2 N–H and O–H groups in total. The van der Waals surface area contributed by atoms with Gasteiger partial charge < -0.3 is 14.9 Å². The molecule has 2 heterocycles. The van der Waals surface area contributed by atoms with Crippen molar-refractivity contribution in [3.05, 3.63) is 132 Å². The van der Waals surface area contributed by atoms with Crippen LogP contribution in [0.4, 0.5) is 0 Å². The Balaban J connectivity index is 1.48. The maximum absolute atomic E-state index is 7.05. The van der Waals surface area contributed by atoms with Crippen LogP contribution < -0.4 is 5.73 Å². The van der Waals surface area contributed by atoms with Crippen LogP contribution in [0.15, 0.2) is 121 Å². The van der Waals surface area contributed by atoms with E-state index in [-0.39, 0.29) is 6.04 Å². The molecule has 5 aromatic carbocycles. The van der Waals surface area contributed by atoms with Crippen LogP contribution in [0.2, 0.25) is 0 Å². The second-order valence-corrected chi connectivity index (χ2v) is 11.0. The predicted molar refractivity (Wildman–Crippen MR) is 168 cm³/mol. The highest BCUT2D eigenvalue weighted by atomic mass is 15.0. The summed E-state index contributed by atoms with van der Waals surface area (Å²) >= 11 is 0. The summed E-state index contributed by atoms with van der Waals surface area (Å²) in [6.07, 6.45) is 8.79. The number of rotatable bonds is 2. The van der Waals surface area contributed by atoms with Gasteiger partial charge in [-0.25, -0.2) is 0 Å². The fourth-order valence-electron chi connectivity index (χ4n) is 7.24. The molecule has 190 valence electrons. The molecule has 2 aromatic heterocycles. The monoisotopic (exact) mass is 513 g/mol. The van der Waals surface area contributed by atoms with Crippen molar-refractivity contribution < 1.29 is 0 Å². The average molecular weight is 514 g/mol. The Morgan fingerprint density at radius 3 is 2.27 bits per heavy atom. The predicted octanol–water partition coefficient (Wildman–Crippen LogP) is 9.11. The zero-order chi connectivity index (χ0) is 26.4. The van der Waals surface area contributed by atoms with Gasteiger partial charge in [0.1, 0.15) is 0 Å². The van der Waals surface area contributed by atoms with E-state index in [9.17, 15) is 0 Å². The van der Waals surface area contributed by atoms with Gasteiger partial charge in [0.05, 0.1) is 28.1 Å². The van der Waals surface area contributed by atoms with Crippen LogP contribution in [0, 0.1) is 0 Å². The summed E-state index contributed by atoms with van der Waals surface area (Å²) in [5.41, 5.74) is 19.5. The third-order valence-electron chi connectivity index (χ3n) is 8.95. The van der Waals surface area contributed by atoms with Gasteiger partial charge in [0.15, 0.2) is 0 Å². The molecule has 0 aliphatic heterocycles. The molecule has 0 radical (unpaired) electrons. The Morgan fingerprint density at radius 2 is 1.40 bits per heavy atom. The Bertz CT molecular complexity index is 2220. The lowest BCUT2D eigenvalue weighted by molar-refractivity contribution is 0.899. The molecule has 9 rings (SSSR count). The second kappa shape index (κ2) is 8.08. The number of fused-ring (bicyclic) bond motifs is 10. The largest absolute Gasteiger partial charge is 0.320 e. The Hall–Kier alpha value is -4.86. The Labute approximate surface area is 232 Å². The summed E-state index contributed by atoms with van der Waals surface area (Å²) in [6.45, 7) is 0. The molecule has 2 aliphatic rings. The number of hydrogen-bond acceptors (Lipinski definition) is 1. The first-order valence-electron chi connectivity index (χ1n) is 14.1. The SMILES string of the molecule is NC1c2ccccc2-c2ccc3c4cc5c6ccccc6n(-c6ccccc6)c5cc4n(C4=CC=CCC4)c3c21. The van der Waals surface area contributed by atoms with E-state index in [1.165, 1.54) is 77.2 Å².